The van der Waals surface area contributed by atoms with Crippen LogP contribution < -0.4 is 5.32 Å². The molecule has 1 aliphatic heterocycles. The van der Waals surface area contributed by atoms with Gasteiger partial charge in [0, 0.05) is 32.3 Å². The van der Waals surface area contributed by atoms with Crippen molar-refractivity contribution in [2.24, 2.45) is 0 Å². The Balaban J connectivity index is 2.43. The van der Waals surface area contributed by atoms with Crippen LogP contribution in [0.5, 0.6) is 0 Å². The molecule has 1 aliphatic rings. The summed E-state index contributed by atoms with van der Waals surface area (Å²) >= 11 is 0. The Bertz CT molecular complexity index is 671. The van der Waals surface area contributed by atoms with E-state index in [1.54, 1.807) is 6.92 Å². The molecule has 0 bridgehead atoms. The van der Waals surface area contributed by atoms with E-state index in [1.165, 1.54) is 23.5 Å². The third kappa shape index (κ3) is 2.99. The summed E-state index contributed by atoms with van der Waals surface area (Å²) in [5.41, 5.74) is -1.07. The molecule has 0 radical (unpaired) electrons. The van der Waals surface area contributed by atoms with Crippen LogP contribution in [0, 0.1) is 10.1 Å². The van der Waals surface area contributed by atoms with Gasteiger partial charge >= 0.3 is 0 Å². The number of non-ortho nitro benzene ring substituents is 1. The molecule has 1 fully saturated rings. The number of anilines is 1. The molecule has 2 N–H and O–H groups in total. The Morgan fingerprint density at radius 3 is 2.62 bits per heavy atom. The second-order valence-corrected chi connectivity index (χ2v) is 7.18. The number of hydrogen-bond donors (Lipinski definition) is 2. The summed E-state index contributed by atoms with van der Waals surface area (Å²) in [6.07, 6.45) is 0.355. The quantitative estimate of drug-likeness (QED) is 0.627. The summed E-state index contributed by atoms with van der Waals surface area (Å²) in [6, 6.07) is 3.55. The van der Waals surface area contributed by atoms with Crippen molar-refractivity contribution in [3.63, 3.8) is 0 Å². The molecule has 9 heteroatoms. The van der Waals surface area contributed by atoms with Crippen LogP contribution in [0.15, 0.2) is 23.1 Å². The summed E-state index contributed by atoms with van der Waals surface area (Å²) in [7, 11) is -2.31. The van der Waals surface area contributed by atoms with Gasteiger partial charge in [0.2, 0.25) is 10.0 Å². The summed E-state index contributed by atoms with van der Waals surface area (Å²) in [5.74, 6) is 0. The maximum absolute atomic E-state index is 12.6. The first-order valence-electron chi connectivity index (χ1n) is 6.36. The molecule has 1 saturated heterocycles. The molecule has 2 rings (SSSR count). The Hall–Kier alpha value is -1.71. The number of nitro groups is 1. The molecule has 1 heterocycles. The number of nitrogens with one attached hydrogen (secondary N) is 1. The molecule has 21 heavy (non-hydrogen) atoms. The highest BCUT2D eigenvalue weighted by Crippen LogP contribution is 2.32. The topological polar surface area (TPSA) is 113 Å². The SMILES string of the molecule is CNc1cc([N+](=O)[O-])ccc1S(=O)(=O)N1CCC(C)(O)C1. The fourth-order valence-electron chi connectivity index (χ4n) is 2.30. The van der Waals surface area contributed by atoms with Crippen molar-refractivity contribution in [3.05, 3.63) is 28.3 Å². The van der Waals surface area contributed by atoms with Crippen molar-refractivity contribution < 1.29 is 18.4 Å². The number of β-amino-alcohol motifs (C(OH)–C–C–N with tert-alkyl or cyclic N) is 1. The molecular weight excluding hydrogens is 298 g/mol. The predicted octanol–water partition coefficient (Wildman–Crippen LogP) is 0.782. The van der Waals surface area contributed by atoms with E-state index >= 15 is 0 Å². The van der Waals surface area contributed by atoms with E-state index in [2.05, 4.69) is 5.32 Å². The minimum atomic E-state index is -3.81. The molecule has 1 atom stereocenters. The molecular formula is C12H17N3O5S. The lowest BCUT2D eigenvalue weighted by Gasteiger charge is -2.20. The number of sulfonamides is 1. The van der Waals surface area contributed by atoms with Gasteiger partial charge in [-0.2, -0.15) is 4.31 Å². The largest absolute Gasteiger partial charge is 0.389 e. The summed E-state index contributed by atoms with van der Waals surface area (Å²) in [5, 5.41) is 23.3. The number of rotatable bonds is 4. The highest BCUT2D eigenvalue weighted by Gasteiger charge is 2.39. The molecule has 0 aromatic heterocycles. The van der Waals surface area contributed by atoms with Crippen LogP contribution in [0.1, 0.15) is 13.3 Å². The lowest BCUT2D eigenvalue weighted by molar-refractivity contribution is -0.384. The highest BCUT2D eigenvalue weighted by molar-refractivity contribution is 7.89. The lowest BCUT2D eigenvalue weighted by atomic mass is 10.1. The van der Waals surface area contributed by atoms with Crippen molar-refractivity contribution in [3.8, 4) is 0 Å². The summed E-state index contributed by atoms with van der Waals surface area (Å²) < 4.78 is 26.4. The normalized spacial score (nSPS) is 23.2. The Labute approximate surface area is 122 Å². The van der Waals surface area contributed by atoms with Gasteiger partial charge in [0.25, 0.3) is 5.69 Å². The summed E-state index contributed by atoms with van der Waals surface area (Å²) in [4.78, 5) is 10.1. The monoisotopic (exact) mass is 315 g/mol. The smallest absolute Gasteiger partial charge is 0.271 e. The van der Waals surface area contributed by atoms with Crippen LogP contribution in [0.4, 0.5) is 11.4 Å². The Morgan fingerprint density at radius 2 is 2.14 bits per heavy atom. The molecule has 0 saturated carbocycles. The number of nitrogens with zero attached hydrogens (tertiary/aromatic N) is 2. The lowest BCUT2D eigenvalue weighted by Crippen LogP contribution is -2.34. The summed E-state index contributed by atoms with van der Waals surface area (Å²) in [6.45, 7) is 1.81. The van der Waals surface area contributed by atoms with Gasteiger partial charge in [0.15, 0.2) is 0 Å². The van der Waals surface area contributed by atoms with E-state index in [4.69, 9.17) is 0 Å². The number of nitro benzene ring substituents is 1. The molecule has 0 spiro atoms. The van der Waals surface area contributed by atoms with Gasteiger partial charge in [-0.05, 0) is 19.4 Å². The minimum Gasteiger partial charge on any atom is -0.389 e. The van der Waals surface area contributed by atoms with Crippen LogP contribution in [0.2, 0.25) is 0 Å². The van der Waals surface area contributed by atoms with Gasteiger partial charge in [-0.1, -0.05) is 0 Å². The highest BCUT2D eigenvalue weighted by atomic mass is 32.2. The molecule has 0 aliphatic carbocycles. The van der Waals surface area contributed by atoms with E-state index in [0.717, 1.165) is 6.07 Å². The van der Waals surface area contributed by atoms with Gasteiger partial charge in [-0.15, -0.1) is 0 Å². The predicted molar refractivity (Wildman–Crippen MR) is 76.6 cm³/mol. The third-order valence-electron chi connectivity index (χ3n) is 3.48. The molecule has 8 nitrogen and oxygen atoms in total. The van der Waals surface area contributed by atoms with Crippen molar-refractivity contribution in [1.29, 1.82) is 0 Å². The fourth-order valence-corrected chi connectivity index (χ4v) is 4.04. The zero-order valence-electron chi connectivity index (χ0n) is 11.7. The van der Waals surface area contributed by atoms with Crippen molar-refractivity contribution in [1.82, 2.24) is 4.31 Å². The second kappa shape index (κ2) is 5.24. The molecule has 0 amide bonds. The molecule has 1 aromatic carbocycles. The van der Waals surface area contributed by atoms with Crippen LogP contribution in [0.3, 0.4) is 0 Å². The van der Waals surface area contributed by atoms with Crippen molar-refractivity contribution >= 4 is 21.4 Å². The standard InChI is InChI=1S/C12H17N3O5S/c1-12(16)5-6-14(8-12)21(19,20)11-4-3-9(15(17)18)7-10(11)13-2/h3-4,7,13,16H,5-6,8H2,1-2H3. The van der Waals surface area contributed by atoms with Crippen LogP contribution in [-0.2, 0) is 10.0 Å². The zero-order chi connectivity index (χ0) is 15.8. The van der Waals surface area contributed by atoms with Gasteiger partial charge in [0.05, 0.1) is 16.2 Å². The average Bonchev–Trinajstić information content (AvgIpc) is 2.78. The van der Waals surface area contributed by atoms with Crippen molar-refractivity contribution in [2.45, 2.75) is 23.8 Å². The number of benzene rings is 1. The van der Waals surface area contributed by atoms with E-state index < -0.39 is 20.5 Å². The van der Waals surface area contributed by atoms with E-state index in [9.17, 15) is 23.6 Å². The first-order chi connectivity index (χ1) is 9.67. The van der Waals surface area contributed by atoms with Gasteiger partial charge < -0.3 is 10.4 Å². The maximum Gasteiger partial charge on any atom is 0.271 e. The average molecular weight is 315 g/mol. The zero-order valence-corrected chi connectivity index (χ0v) is 12.6. The van der Waals surface area contributed by atoms with Crippen molar-refractivity contribution in [2.75, 3.05) is 25.5 Å². The van der Waals surface area contributed by atoms with E-state index in [0.29, 0.717) is 6.42 Å². The fraction of sp³-hybridized carbons (Fsp3) is 0.500. The Kier molecular flexibility index (Phi) is 3.91. The molecule has 1 unspecified atom stereocenters. The third-order valence-corrected chi connectivity index (χ3v) is 5.38. The van der Waals surface area contributed by atoms with Gasteiger partial charge in [0.1, 0.15) is 4.90 Å². The molecule has 116 valence electrons. The van der Waals surface area contributed by atoms with Gasteiger partial charge in [-0.3, -0.25) is 10.1 Å². The van der Waals surface area contributed by atoms with E-state index in [1.807, 2.05) is 0 Å². The number of aliphatic hydroxyl groups is 1. The minimum absolute atomic E-state index is 0.00940. The van der Waals surface area contributed by atoms with Gasteiger partial charge in [-0.25, -0.2) is 8.42 Å². The first kappa shape index (κ1) is 15.7. The molecule has 1 aromatic rings. The van der Waals surface area contributed by atoms with Crippen LogP contribution in [0.25, 0.3) is 0 Å². The van der Waals surface area contributed by atoms with E-state index in [-0.39, 0.29) is 29.4 Å². The van der Waals surface area contributed by atoms with Crippen LogP contribution in [-0.4, -0.2) is 48.5 Å². The van der Waals surface area contributed by atoms with Crippen LogP contribution >= 0.6 is 0 Å². The Morgan fingerprint density at radius 1 is 1.48 bits per heavy atom. The first-order valence-corrected chi connectivity index (χ1v) is 7.80. The maximum atomic E-state index is 12.6. The number of hydrogen-bond acceptors (Lipinski definition) is 6. The second-order valence-electron chi connectivity index (χ2n) is 5.27.